The molecule has 1 aliphatic heterocycles. The number of nitrogens with zero attached hydrogens (tertiary/aromatic N) is 1. The third-order valence-electron chi connectivity index (χ3n) is 4.18. The van der Waals surface area contributed by atoms with Crippen LogP contribution in [0.1, 0.15) is 31.7 Å². The molecule has 0 spiro atoms. The maximum atomic E-state index is 13.2. The average molecular weight is 293 g/mol. The quantitative estimate of drug-likeness (QED) is 0.928. The predicted octanol–water partition coefficient (Wildman–Crippen LogP) is 2.50. The Balaban J connectivity index is 1.97. The Morgan fingerprint density at radius 2 is 2.14 bits per heavy atom. The van der Waals surface area contributed by atoms with E-state index in [0.717, 1.165) is 5.56 Å². The van der Waals surface area contributed by atoms with Crippen molar-refractivity contribution in [1.82, 2.24) is 4.90 Å². The van der Waals surface area contributed by atoms with Crippen LogP contribution >= 0.6 is 0 Å². The van der Waals surface area contributed by atoms with E-state index >= 15 is 0 Å². The molecular weight excluding hydrogens is 273 g/mol. The highest BCUT2D eigenvalue weighted by Gasteiger charge is 2.37. The molecule has 1 aromatic carbocycles. The van der Waals surface area contributed by atoms with E-state index in [1.165, 1.54) is 12.1 Å². The molecule has 2 rings (SSSR count). The van der Waals surface area contributed by atoms with Crippen LogP contribution in [0, 0.1) is 17.7 Å². The van der Waals surface area contributed by atoms with Crippen LogP contribution in [-0.2, 0) is 9.59 Å². The van der Waals surface area contributed by atoms with Gasteiger partial charge in [0, 0.05) is 19.5 Å². The first-order valence-electron chi connectivity index (χ1n) is 7.14. The molecule has 1 aromatic rings. The lowest BCUT2D eigenvalue weighted by Gasteiger charge is -2.19. The van der Waals surface area contributed by atoms with Crippen LogP contribution in [0.15, 0.2) is 24.3 Å². The molecule has 1 fully saturated rings. The number of rotatable bonds is 4. The number of likely N-dealkylation sites (tertiary alicyclic amines) is 1. The lowest BCUT2D eigenvalue weighted by Crippen LogP contribution is -2.30. The molecule has 1 unspecified atom stereocenters. The number of amides is 1. The van der Waals surface area contributed by atoms with Gasteiger partial charge in [-0.1, -0.05) is 26.0 Å². The fraction of sp³-hybridized carbons (Fsp3) is 0.500. The molecule has 21 heavy (non-hydrogen) atoms. The molecule has 0 saturated carbocycles. The van der Waals surface area contributed by atoms with Gasteiger partial charge in [-0.2, -0.15) is 0 Å². The van der Waals surface area contributed by atoms with Gasteiger partial charge in [-0.05, 0) is 29.5 Å². The van der Waals surface area contributed by atoms with E-state index in [-0.39, 0.29) is 36.5 Å². The van der Waals surface area contributed by atoms with E-state index in [1.807, 2.05) is 13.8 Å². The number of aliphatic carboxylic acids is 1. The van der Waals surface area contributed by atoms with Gasteiger partial charge >= 0.3 is 5.97 Å². The Kier molecular flexibility index (Phi) is 4.60. The van der Waals surface area contributed by atoms with Crippen molar-refractivity contribution in [2.75, 3.05) is 13.1 Å². The highest BCUT2D eigenvalue weighted by molar-refractivity contribution is 5.79. The monoisotopic (exact) mass is 293 g/mol. The summed E-state index contributed by atoms with van der Waals surface area (Å²) in [7, 11) is 0. The van der Waals surface area contributed by atoms with E-state index in [1.54, 1.807) is 17.0 Å². The first-order chi connectivity index (χ1) is 9.88. The summed E-state index contributed by atoms with van der Waals surface area (Å²) in [4.78, 5) is 25.0. The maximum absolute atomic E-state index is 13.2. The molecule has 0 radical (unpaired) electrons. The van der Waals surface area contributed by atoms with Gasteiger partial charge in [-0.3, -0.25) is 9.59 Å². The number of hydrogen-bond acceptors (Lipinski definition) is 2. The molecule has 0 aromatic heterocycles. The Hall–Kier alpha value is -1.91. The third kappa shape index (κ3) is 3.60. The molecule has 4 nitrogen and oxygen atoms in total. The fourth-order valence-corrected chi connectivity index (χ4v) is 2.81. The molecule has 1 N–H and O–H groups in total. The van der Waals surface area contributed by atoms with E-state index in [0.29, 0.717) is 6.54 Å². The summed E-state index contributed by atoms with van der Waals surface area (Å²) in [5.41, 5.74) is 0.783. The maximum Gasteiger partial charge on any atom is 0.308 e. The van der Waals surface area contributed by atoms with Gasteiger partial charge in [0.05, 0.1) is 5.92 Å². The summed E-state index contributed by atoms with van der Waals surface area (Å²) in [5.74, 6) is -1.84. The molecule has 1 amide bonds. The molecule has 1 aliphatic rings. The molecule has 3 atom stereocenters. The van der Waals surface area contributed by atoms with Crippen molar-refractivity contribution in [3.05, 3.63) is 35.6 Å². The zero-order valence-corrected chi connectivity index (χ0v) is 12.3. The number of halogens is 1. The summed E-state index contributed by atoms with van der Waals surface area (Å²) in [6.45, 7) is 4.47. The number of carbonyl (C=O) groups excluding carboxylic acids is 1. The first kappa shape index (κ1) is 15.5. The number of carboxylic acids is 1. The standard InChI is InChI=1S/C16H20FNO3/c1-10(12-4-3-5-13(17)7-12)6-15(19)18-8-11(2)14(9-18)16(20)21/h3-5,7,10-11,14H,6,8-9H2,1-2H3,(H,20,21)/t10?,11-,14-/m1/s1. The molecule has 5 heteroatoms. The van der Waals surface area contributed by atoms with Crippen LogP contribution in [0.4, 0.5) is 4.39 Å². The van der Waals surface area contributed by atoms with Crippen molar-refractivity contribution in [3.63, 3.8) is 0 Å². The predicted molar refractivity (Wildman–Crippen MR) is 76.3 cm³/mol. The second-order valence-electron chi connectivity index (χ2n) is 5.88. The van der Waals surface area contributed by atoms with Crippen molar-refractivity contribution in [1.29, 1.82) is 0 Å². The van der Waals surface area contributed by atoms with Gasteiger partial charge in [-0.15, -0.1) is 0 Å². The van der Waals surface area contributed by atoms with Crippen LogP contribution in [0.5, 0.6) is 0 Å². The summed E-state index contributed by atoms with van der Waals surface area (Å²) >= 11 is 0. The Morgan fingerprint density at radius 3 is 2.71 bits per heavy atom. The molecule has 114 valence electrons. The summed E-state index contributed by atoms with van der Waals surface area (Å²) in [6, 6.07) is 6.24. The average Bonchev–Trinajstić information content (AvgIpc) is 2.81. The van der Waals surface area contributed by atoms with Crippen molar-refractivity contribution >= 4 is 11.9 Å². The number of hydrogen-bond donors (Lipinski definition) is 1. The molecular formula is C16H20FNO3. The topological polar surface area (TPSA) is 57.6 Å². The van der Waals surface area contributed by atoms with Crippen LogP contribution in [0.3, 0.4) is 0 Å². The highest BCUT2D eigenvalue weighted by Crippen LogP contribution is 2.26. The Morgan fingerprint density at radius 1 is 1.43 bits per heavy atom. The SMILES string of the molecule is CC(CC(=O)N1C[C@@H](C)[C@H](C(=O)O)C1)c1cccc(F)c1. The first-order valence-corrected chi connectivity index (χ1v) is 7.14. The molecule has 1 heterocycles. The summed E-state index contributed by atoms with van der Waals surface area (Å²) in [5, 5.41) is 9.09. The number of carboxylic acid groups (broad SMARTS) is 1. The van der Waals surface area contributed by atoms with Crippen LogP contribution in [-0.4, -0.2) is 35.0 Å². The minimum Gasteiger partial charge on any atom is -0.481 e. The molecule has 0 bridgehead atoms. The van der Waals surface area contributed by atoms with Gasteiger partial charge in [0.2, 0.25) is 5.91 Å². The van der Waals surface area contributed by atoms with Crippen molar-refractivity contribution in [2.45, 2.75) is 26.2 Å². The smallest absolute Gasteiger partial charge is 0.308 e. The van der Waals surface area contributed by atoms with Gasteiger partial charge in [-0.25, -0.2) is 4.39 Å². The summed E-state index contributed by atoms with van der Waals surface area (Å²) in [6.07, 6.45) is 0.266. The van der Waals surface area contributed by atoms with Crippen molar-refractivity contribution in [2.24, 2.45) is 11.8 Å². The van der Waals surface area contributed by atoms with Gasteiger partial charge < -0.3 is 10.0 Å². The van der Waals surface area contributed by atoms with Crippen LogP contribution in [0.25, 0.3) is 0 Å². The number of benzene rings is 1. The van der Waals surface area contributed by atoms with Gasteiger partial charge in [0.25, 0.3) is 0 Å². The van der Waals surface area contributed by atoms with Crippen molar-refractivity contribution < 1.29 is 19.1 Å². The van der Waals surface area contributed by atoms with Crippen LogP contribution < -0.4 is 0 Å². The Labute approximate surface area is 123 Å². The van der Waals surface area contributed by atoms with E-state index in [2.05, 4.69) is 0 Å². The lowest BCUT2D eigenvalue weighted by atomic mass is 9.97. The number of carbonyl (C=O) groups is 2. The van der Waals surface area contributed by atoms with Gasteiger partial charge in [0.1, 0.15) is 5.82 Å². The highest BCUT2D eigenvalue weighted by atomic mass is 19.1. The minimum atomic E-state index is -0.851. The minimum absolute atomic E-state index is 0.0316. The van der Waals surface area contributed by atoms with Crippen molar-refractivity contribution in [3.8, 4) is 0 Å². The van der Waals surface area contributed by atoms with Crippen LogP contribution in [0.2, 0.25) is 0 Å². The second kappa shape index (κ2) is 6.24. The van der Waals surface area contributed by atoms with E-state index < -0.39 is 11.9 Å². The molecule has 0 aliphatic carbocycles. The van der Waals surface area contributed by atoms with Gasteiger partial charge in [0.15, 0.2) is 0 Å². The van der Waals surface area contributed by atoms with E-state index in [4.69, 9.17) is 5.11 Å². The second-order valence-corrected chi connectivity index (χ2v) is 5.88. The zero-order valence-electron chi connectivity index (χ0n) is 12.3. The lowest BCUT2D eigenvalue weighted by molar-refractivity contribution is -0.142. The largest absolute Gasteiger partial charge is 0.481 e. The summed E-state index contributed by atoms with van der Waals surface area (Å²) < 4.78 is 13.2. The molecule has 1 saturated heterocycles. The fourth-order valence-electron chi connectivity index (χ4n) is 2.81. The normalized spacial score (nSPS) is 23.1. The third-order valence-corrected chi connectivity index (χ3v) is 4.18. The zero-order chi connectivity index (χ0) is 15.6. The Bertz CT molecular complexity index is 546. The van der Waals surface area contributed by atoms with E-state index in [9.17, 15) is 14.0 Å².